The number of hydrogen-bond donors (Lipinski definition) is 2. The lowest BCUT2D eigenvalue weighted by molar-refractivity contribution is -0.870. The Kier molecular flexibility index (Phi) is 47.4. The minimum atomic E-state index is -4.61. The number of aliphatic hydroxyl groups excluding tert-OH is 1. The number of nitrogens with one attached hydrogen (secondary N) is 1. The van der Waals surface area contributed by atoms with Crippen LogP contribution in [-0.4, -0.2) is 68.5 Å². The van der Waals surface area contributed by atoms with Gasteiger partial charge in [-0.1, -0.05) is 229 Å². The maximum Gasteiger partial charge on any atom is 0.268 e. The minimum absolute atomic E-state index is 0.00947. The SMILES string of the molecule is CCCCCCCCC/C=C/CC/C=C/CC/C=C/C(O)C(COP(=O)([O-])OCC[N+](C)(C)C)NC(=O)CCCCCCCCCCCCC/C=C\CCCCCCCCCCCCCC. The first-order valence-corrected chi connectivity index (χ1v) is 29.5. The van der Waals surface area contributed by atoms with Gasteiger partial charge in [-0.15, -0.1) is 0 Å². The number of phosphoric acid groups is 1. The molecule has 0 aliphatic rings. The monoisotopic (exact) mass is 949 g/mol. The van der Waals surface area contributed by atoms with E-state index in [1.165, 1.54) is 193 Å². The highest BCUT2D eigenvalue weighted by Gasteiger charge is 2.23. The lowest BCUT2D eigenvalue weighted by Crippen LogP contribution is -2.45. The fraction of sp³-hybridized carbons (Fsp3) is 0.842. The predicted molar refractivity (Wildman–Crippen MR) is 284 cm³/mol. The van der Waals surface area contributed by atoms with Gasteiger partial charge >= 0.3 is 0 Å². The summed E-state index contributed by atoms with van der Waals surface area (Å²) in [6.07, 6.45) is 63.3. The topological polar surface area (TPSA) is 108 Å². The molecule has 0 saturated carbocycles. The number of aliphatic hydroxyl groups is 1. The molecular formula is C57H109N2O6P. The Morgan fingerprint density at radius 1 is 0.515 bits per heavy atom. The molecule has 0 heterocycles. The Labute approximate surface area is 409 Å². The lowest BCUT2D eigenvalue weighted by Gasteiger charge is -2.29. The Bertz CT molecular complexity index is 1210. The lowest BCUT2D eigenvalue weighted by atomic mass is 10.0. The second kappa shape index (κ2) is 48.5. The molecule has 3 unspecified atom stereocenters. The molecule has 2 N–H and O–H groups in total. The van der Waals surface area contributed by atoms with Gasteiger partial charge in [0.1, 0.15) is 13.2 Å². The van der Waals surface area contributed by atoms with Crippen LogP contribution in [0.3, 0.4) is 0 Å². The molecule has 0 radical (unpaired) electrons. The molecule has 3 atom stereocenters. The smallest absolute Gasteiger partial charge is 0.268 e. The second-order valence-corrected chi connectivity index (χ2v) is 21.7. The maximum absolute atomic E-state index is 12.9. The fourth-order valence-corrected chi connectivity index (χ4v) is 8.79. The highest BCUT2D eigenvalue weighted by atomic mass is 31.2. The first-order chi connectivity index (χ1) is 32.0. The number of amides is 1. The average Bonchev–Trinajstić information content (AvgIpc) is 3.28. The Hall–Kier alpha value is -1.54. The van der Waals surface area contributed by atoms with E-state index < -0.39 is 26.6 Å². The molecule has 1 amide bonds. The van der Waals surface area contributed by atoms with Crippen molar-refractivity contribution in [3.8, 4) is 0 Å². The first-order valence-electron chi connectivity index (χ1n) is 28.0. The van der Waals surface area contributed by atoms with Gasteiger partial charge in [0.25, 0.3) is 7.82 Å². The van der Waals surface area contributed by atoms with Crippen LogP contribution in [0.5, 0.6) is 0 Å². The van der Waals surface area contributed by atoms with Crippen LogP contribution in [-0.2, 0) is 18.4 Å². The van der Waals surface area contributed by atoms with Crippen molar-refractivity contribution in [1.29, 1.82) is 0 Å². The molecular weight excluding hydrogens is 840 g/mol. The molecule has 388 valence electrons. The predicted octanol–water partition coefficient (Wildman–Crippen LogP) is 16.1. The van der Waals surface area contributed by atoms with E-state index in [1.54, 1.807) is 6.08 Å². The van der Waals surface area contributed by atoms with E-state index in [1.807, 2.05) is 27.2 Å². The Morgan fingerprint density at radius 2 is 0.848 bits per heavy atom. The Balaban J connectivity index is 4.23. The van der Waals surface area contributed by atoms with Gasteiger partial charge in [-0.3, -0.25) is 9.36 Å². The van der Waals surface area contributed by atoms with E-state index in [9.17, 15) is 19.4 Å². The van der Waals surface area contributed by atoms with Gasteiger partial charge in [0, 0.05) is 6.42 Å². The zero-order chi connectivity index (χ0) is 48.5. The van der Waals surface area contributed by atoms with Gasteiger partial charge < -0.3 is 28.8 Å². The van der Waals surface area contributed by atoms with Crippen molar-refractivity contribution in [3.63, 3.8) is 0 Å². The van der Waals surface area contributed by atoms with Gasteiger partial charge in [-0.05, 0) is 70.6 Å². The molecule has 0 fully saturated rings. The number of unbranched alkanes of at least 4 members (excludes halogenated alkanes) is 32. The molecule has 0 aliphatic heterocycles. The third-order valence-electron chi connectivity index (χ3n) is 12.5. The number of carbonyl (C=O) groups excluding carboxylic acids is 1. The van der Waals surface area contributed by atoms with Gasteiger partial charge in [0.05, 0.1) is 39.9 Å². The van der Waals surface area contributed by atoms with E-state index in [2.05, 4.69) is 55.6 Å². The molecule has 0 aromatic heterocycles. The summed E-state index contributed by atoms with van der Waals surface area (Å²) < 4.78 is 23.3. The van der Waals surface area contributed by atoms with E-state index in [4.69, 9.17) is 9.05 Å². The van der Waals surface area contributed by atoms with Crippen LogP contribution in [0, 0.1) is 0 Å². The number of phosphoric ester groups is 1. The summed E-state index contributed by atoms with van der Waals surface area (Å²) >= 11 is 0. The number of likely N-dealkylation sites (N-methyl/N-ethyl adjacent to an activating group) is 1. The van der Waals surface area contributed by atoms with Crippen LogP contribution in [0.4, 0.5) is 0 Å². The summed E-state index contributed by atoms with van der Waals surface area (Å²) in [7, 11) is 1.24. The number of rotatable bonds is 51. The van der Waals surface area contributed by atoms with Crippen LogP contribution in [0.15, 0.2) is 48.6 Å². The molecule has 0 aromatic carbocycles. The highest BCUT2D eigenvalue weighted by molar-refractivity contribution is 7.45. The van der Waals surface area contributed by atoms with Crippen LogP contribution in [0.25, 0.3) is 0 Å². The third kappa shape index (κ3) is 50.3. The number of carbonyl (C=O) groups is 1. The normalized spacial score (nSPS) is 14.3. The molecule has 0 rings (SSSR count). The molecule has 0 saturated heterocycles. The van der Waals surface area contributed by atoms with Crippen molar-refractivity contribution in [3.05, 3.63) is 48.6 Å². The molecule has 0 bridgehead atoms. The highest BCUT2D eigenvalue weighted by Crippen LogP contribution is 2.38. The van der Waals surface area contributed by atoms with Crippen LogP contribution in [0.1, 0.15) is 258 Å². The second-order valence-electron chi connectivity index (χ2n) is 20.3. The van der Waals surface area contributed by atoms with Crippen molar-refractivity contribution in [1.82, 2.24) is 5.32 Å². The molecule has 0 aromatic rings. The van der Waals surface area contributed by atoms with Gasteiger partial charge in [0.15, 0.2) is 0 Å². The number of hydrogen-bond acceptors (Lipinski definition) is 6. The summed E-state index contributed by atoms with van der Waals surface area (Å²) in [5.41, 5.74) is 0. The van der Waals surface area contributed by atoms with Gasteiger partial charge in [-0.25, -0.2) is 0 Å². The zero-order valence-corrected chi connectivity index (χ0v) is 45.0. The molecule has 66 heavy (non-hydrogen) atoms. The molecule has 8 nitrogen and oxygen atoms in total. The summed E-state index contributed by atoms with van der Waals surface area (Å²) in [4.78, 5) is 25.4. The number of quaternary nitrogens is 1. The van der Waals surface area contributed by atoms with E-state index in [0.717, 1.165) is 44.9 Å². The quantitative estimate of drug-likeness (QED) is 0.0272. The zero-order valence-electron chi connectivity index (χ0n) is 44.1. The van der Waals surface area contributed by atoms with Crippen molar-refractivity contribution in [2.75, 3.05) is 40.9 Å². The van der Waals surface area contributed by atoms with Crippen molar-refractivity contribution in [2.45, 2.75) is 270 Å². The molecule has 0 aliphatic carbocycles. The average molecular weight is 949 g/mol. The fourth-order valence-electron chi connectivity index (χ4n) is 8.06. The third-order valence-corrected chi connectivity index (χ3v) is 13.5. The van der Waals surface area contributed by atoms with E-state index in [0.29, 0.717) is 17.4 Å². The largest absolute Gasteiger partial charge is 0.756 e. The van der Waals surface area contributed by atoms with E-state index in [-0.39, 0.29) is 12.5 Å². The summed E-state index contributed by atoms with van der Waals surface area (Å²) in [5, 5.41) is 13.8. The maximum atomic E-state index is 12.9. The molecule has 0 spiro atoms. The Morgan fingerprint density at radius 3 is 1.23 bits per heavy atom. The minimum Gasteiger partial charge on any atom is -0.756 e. The van der Waals surface area contributed by atoms with Crippen molar-refractivity contribution < 1.29 is 32.9 Å². The van der Waals surface area contributed by atoms with Crippen LogP contribution >= 0.6 is 7.82 Å². The summed E-state index contributed by atoms with van der Waals surface area (Å²) in [6, 6.07) is -0.910. The standard InChI is InChI=1S/C57H109N2O6P/c1-6-8-10-12-14-16-18-20-22-24-25-26-27-28-29-30-31-32-33-35-37-39-41-43-45-47-49-51-57(61)58-55(54-65-66(62,63)64-53-52-59(3,4)5)56(60)50-48-46-44-42-40-38-36-34-23-21-19-17-15-13-11-9-7-2/h23,28-29,34,40,42,48,50,55-56,60H,6-22,24-27,30-33,35-39,41,43-47,49,51-54H2,1-5H3,(H-,58,61,62,63)/b29-28-,34-23+,42-40+,50-48+. The van der Waals surface area contributed by atoms with Gasteiger partial charge in [0.2, 0.25) is 5.91 Å². The number of allylic oxidation sites excluding steroid dienone is 7. The molecule has 9 heteroatoms. The van der Waals surface area contributed by atoms with Gasteiger partial charge in [-0.2, -0.15) is 0 Å². The first kappa shape index (κ1) is 64.5. The van der Waals surface area contributed by atoms with E-state index >= 15 is 0 Å². The van der Waals surface area contributed by atoms with Crippen LogP contribution in [0.2, 0.25) is 0 Å². The van der Waals surface area contributed by atoms with Crippen molar-refractivity contribution in [2.24, 2.45) is 0 Å². The number of nitrogens with zero attached hydrogens (tertiary/aromatic N) is 1. The summed E-state index contributed by atoms with van der Waals surface area (Å²) in [5.74, 6) is -0.211. The summed E-state index contributed by atoms with van der Waals surface area (Å²) in [6.45, 7) is 4.63. The van der Waals surface area contributed by atoms with Crippen LogP contribution < -0.4 is 10.2 Å². The van der Waals surface area contributed by atoms with Crippen molar-refractivity contribution >= 4 is 13.7 Å².